The molecule has 0 fully saturated rings. The fraction of sp³-hybridized carbons (Fsp3) is 0.227. The Hall–Kier alpha value is -3.00. The van der Waals surface area contributed by atoms with Crippen LogP contribution in [-0.2, 0) is 25.6 Å². The lowest BCUT2D eigenvalue weighted by Gasteiger charge is -2.13. The van der Waals surface area contributed by atoms with Gasteiger partial charge in [-0.25, -0.2) is 0 Å². The van der Waals surface area contributed by atoms with Gasteiger partial charge in [-0.1, -0.05) is 18.2 Å². The molecule has 3 aromatic heterocycles. The molecular formula is C22H19F3N4S. The van der Waals surface area contributed by atoms with Crippen molar-refractivity contribution in [3.63, 3.8) is 0 Å². The van der Waals surface area contributed by atoms with E-state index in [9.17, 15) is 13.2 Å². The third kappa shape index (κ3) is 4.43. The third-order valence-electron chi connectivity index (χ3n) is 4.89. The number of rotatable bonds is 6. The first-order valence-electron chi connectivity index (χ1n) is 9.43. The molecule has 154 valence electrons. The molecule has 0 atom stereocenters. The number of aromatic nitrogens is 4. The lowest BCUT2D eigenvalue weighted by Crippen LogP contribution is -2.10. The van der Waals surface area contributed by atoms with Crippen LogP contribution < -0.4 is 0 Å². The zero-order chi connectivity index (χ0) is 21.1. The highest BCUT2D eigenvalue weighted by Gasteiger charge is 2.32. The standard InChI is InChI=1S/C22H19F3N4S/c1-15-6-7-16(12-19(15)22(23,24)25)8-9-20-27-28-21(17-4-2-10-26-13-17)29(20)14-18-5-3-11-30-18/h2-7,10-13H,8-9,14H2,1H3. The third-order valence-corrected chi connectivity index (χ3v) is 5.75. The van der Waals surface area contributed by atoms with Crippen molar-refractivity contribution in [3.8, 4) is 11.4 Å². The molecule has 0 saturated heterocycles. The molecule has 1 aromatic carbocycles. The van der Waals surface area contributed by atoms with Crippen molar-refractivity contribution in [1.82, 2.24) is 19.7 Å². The van der Waals surface area contributed by atoms with Crippen molar-refractivity contribution < 1.29 is 13.2 Å². The summed E-state index contributed by atoms with van der Waals surface area (Å²) in [5.41, 5.74) is 1.12. The van der Waals surface area contributed by atoms with Crippen LogP contribution in [0.15, 0.2) is 60.2 Å². The van der Waals surface area contributed by atoms with Crippen molar-refractivity contribution in [1.29, 1.82) is 0 Å². The van der Waals surface area contributed by atoms with Crippen molar-refractivity contribution >= 4 is 11.3 Å². The second kappa shape index (κ2) is 8.39. The molecule has 0 radical (unpaired) electrons. The molecule has 0 unspecified atom stereocenters. The molecule has 4 nitrogen and oxygen atoms in total. The van der Waals surface area contributed by atoms with E-state index in [0.717, 1.165) is 16.3 Å². The predicted octanol–water partition coefficient (Wildman–Crippen LogP) is 5.56. The van der Waals surface area contributed by atoms with E-state index in [1.165, 1.54) is 19.1 Å². The van der Waals surface area contributed by atoms with Crippen LogP contribution in [0.3, 0.4) is 0 Å². The van der Waals surface area contributed by atoms with Gasteiger partial charge in [-0.05, 0) is 54.1 Å². The van der Waals surface area contributed by atoms with Gasteiger partial charge in [0.1, 0.15) is 5.82 Å². The number of hydrogen-bond donors (Lipinski definition) is 0. The molecular weight excluding hydrogens is 409 g/mol. The van der Waals surface area contributed by atoms with Gasteiger partial charge in [0, 0.05) is 29.3 Å². The van der Waals surface area contributed by atoms with E-state index in [4.69, 9.17) is 0 Å². The maximum absolute atomic E-state index is 13.2. The first kappa shape index (κ1) is 20.3. The highest BCUT2D eigenvalue weighted by atomic mass is 32.1. The van der Waals surface area contributed by atoms with Gasteiger partial charge >= 0.3 is 6.18 Å². The number of benzene rings is 1. The van der Waals surface area contributed by atoms with Gasteiger partial charge in [-0.2, -0.15) is 13.2 Å². The maximum atomic E-state index is 13.2. The minimum atomic E-state index is -4.35. The molecule has 8 heteroatoms. The molecule has 0 spiro atoms. The lowest BCUT2D eigenvalue weighted by atomic mass is 10.0. The van der Waals surface area contributed by atoms with E-state index in [0.29, 0.717) is 30.8 Å². The van der Waals surface area contributed by atoms with E-state index >= 15 is 0 Å². The summed E-state index contributed by atoms with van der Waals surface area (Å²) in [6, 6.07) is 12.3. The average molecular weight is 428 g/mol. The van der Waals surface area contributed by atoms with E-state index < -0.39 is 11.7 Å². The molecule has 4 aromatic rings. The smallest absolute Gasteiger partial charge is 0.306 e. The second-order valence-electron chi connectivity index (χ2n) is 6.99. The molecule has 0 N–H and O–H groups in total. The van der Waals surface area contributed by atoms with Crippen LogP contribution in [-0.4, -0.2) is 19.7 Å². The number of thiophene rings is 1. The minimum Gasteiger partial charge on any atom is -0.306 e. The van der Waals surface area contributed by atoms with Crippen LogP contribution in [0.4, 0.5) is 13.2 Å². The number of pyridine rings is 1. The Labute approximate surface area is 176 Å². The van der Waals surface area contributed by atoms with Crippen LogP contribution in [0.25, 0.3) is 11.4 Å². The largest absolute Gasteiger partial charge is 0.416 e. The monoisotopic (exact) mass is 428 g/mol. The van der Waals surface area contributed by atoms with Gasteiger partial charge in [0.2, 0.25) is 0 Å². The molecule has 0 aliphatic rings. The molecule has 3 heterocycles. The zero-order valence-electron chi connectivity index (χ0n) is 16.2. The molecule has 0 aliphatic heterocycles. The summed E-state index contributed by atoms with van der Waals surface area (Å²) < 4.78 is 41.7. The van der Waals surface area contributed by atoms with Crippen molar-refractivity contribution in [2.45, 2.75) is 32.5 Å². The summed E-state index contributed by atoms with van der Waals surface area (Å²) in [5.74, 6) is 1.43. The van der Waals surface area contributed by atoms with Gasteiger partial charge in [-0.15, -0.1) is 21.5 Å². The van der Waals surface area contributed by atoms with Crippen molar-refractivity contribution in [2.24, 2.45) is 0 Å². The zero-order valence-corrected chi connectivity index (χ0v) is 17.0. The van der Waals surface area contributed by atoms with Gasteiger partial charge in [0.25, 0.3) is 0 Å². The number of hydrogen-bond acceptors (Lipinski definition) is 4. The Morgan fingerprint density at radius 3 is 2.60 bits per heavy atom. The summed E-state index contributed by atoms with van der Waals surface area (Å²) in [6.07, 6.45) is -0.000945. The Kier molecular flexibility index (Phi) is 5.67. The summed E-state index contributed by atoms with van der Waals surface area (Å²) in [6.45, 7) is 2.08. The highest BCUT2D eigenvalue weighted by Crippen LogP contribution is 2.32. The quantitative estimate of drug-likeness (QED) is 0.404. The fourth-order valence-electron chi connectivity index (χ4n) is 3.34. The molecule has 4 rings (SSSR count). The number of halogens is 3. The number of nitrogens with zero attached hydrogens (tertiary/aromatic N) is 4. The highest BCUT2D eigenvalue weighted by molar-refractivity contribution is 7.09. The van der Waals surface area contributed by atoms with Crippen LogP contribution in [0.5, 0.6) is 0 Å². The first-order valence-corrected chi connectivity index (χ1v) is 10.3. The van der Waals surface area contributed by atoms with Gasteiger partial charge < -0.3 is 4.57 Å². The SMILES string of the molecule is Cc1ccc(CCc2nnc(-c3cccnc3)n2Cc2cccs2)cc1C(F)(F)F. The van der Waals surface area contributed by atoms with Gasteiger partial charge in [0.15, 0.2) is 5.82 Å². The number of alkyl halides is 3. The lowest BCUT2D eigenvalue weighted by molar-refractivity contribution is -0.138. The van der Waals surface area contributed by atoms with E-state index in [1.807, 2.05) is 34.2 Å². The molecule has 0 bridgehead atoms. The summed E-state index contributed by atoms with van der Waals surface area (Å²) >= 11 is 1.64. The van der Waals surface area contributed by atoms with Crippen molar-refractivity contribution in [3.05, 3.63) is 87.6 Å². The summed E-state index contributed by atoms with van der Waals surface area (Å²) in [5, 5.41) is 10.7. The van der Waals surface area contributed by atoms with Gasteiger partial charge in [-0.3, -0.25) is 4.98 Å². The minimum absolute atomic E-state index is 0.228. The van der Waals surface area contributed by atoms with E-state index in [1.54, 1.807) is 29.8 Å². The second-order valence-corrected chi connectivity index (χ2v) is 8.03. The Balaban J connectivity index is 1.62. The fourth-order valence-corrected chi connectivity index (χ4v) is 4.03. The van der Waals surface area contributed by atoms with Gasteiger partial charge in [0.05, 0.1) is 12.1 Å². The topological polar surface area (TPSA) is 43.6 Å². The van der Waals surface area contributed by atoms with E-state index in [-0.39, 0.29) is 5.56 Å². The summed E-state index contributed by atoms with van der Waals surface area (Å²) in [4.78, 5) is 5.31. The Bertz CT molecular complexity index is 1120. The molecule has 30 heavy (non-hydrogen) atoms. The Morgan fingerprint density at radius 2 is 1.90 bits per heavy atom. The van der Waals surface area contributed by atoms with Crippen LogP contribution in [0, 0.1) is 6.92 Å². The first-order chi connectivity index (χ1) is 14.4. The normalized spacial score (nSPS) is 11.7. The molecule has 0 saturated carbocycles. The van der Waals surface area contributed by atoms with Crippen LogP contribution in [0.2, 0.25) is 0 Å². The maximum Gasteiger partial charge on any atom is 0.416 e. The number of aryl methyl sites for hydroxylation is 3. The van der Waals surface area contributed by atoms with Crippen molar-refractivity contribution in [2.75, 3.05) is 0 Å². The summed E-state index contributed by atoms with van der Waals surface area (Å²) in [7, 11) is 0. The Morgan fingerprint density at radius 1 is 1.03 bits per heavy atom. The van der Waals surface area contributed by atoms with Crippen LogP contribution in [0.1, 0.15) is 27.4 Å². The predicted molar refractivity (Wildman–Crippen MR) is 110 cm³/mol. The van der Waals surface area contributed by atoms with E-state index in [2.05, 4.69) is 15.2 Å². The molecule has 0 aliphatic carbocycles. The molecule has 0 amide bonds. The average Bonchev–Trinajstić information content (AvgIpc) is 3.38. The van der Waals surface area contributed by atoms with Crippen LogP contribution >= 0.6 is 11.3 Å².